The number of methoxy groups -OCH3 is 1. The molecule has 2 nitrogen and oxygen atoms in total. The van der Waals surface area contributed by atoms with Gasteiger partial charge in [-0.2, -0.15) is 0 Å². The van der Waals surface area contributed by atoms with Crippen LogP contribution in [0.1, 0.15) is 17.0 Å². The van der Waals surface area contributed by atoms with Crippen molar-refractivity contribution in [1.82, 2.24) is 0 Å². The van der Waals surface area contributed by atoms with E-state index in [-0.39, 0.29) is 0 Å². The van der Waals surface area contributed by atoms with Crippen LogP contribution >= 0.6 is 27.7 Å². The topological polar surface area (TPSA) is 18.5 Å². The molecule has 1 heterocycles. The van der Waals surface area contributed by atoms with Gasteiger partial charge < -0.3 is 9.47 Å². The molecule has 2 aromatic rings. The summed E-state index contributed by atoms with van der Waals surface area (Å²) in [4.78, 5) is 1.38. The highest BCUT2D eigenvalue weighted by atomic mass is 79.9. The summed E-state index contributed by atoms with van der Waals surface area (Å²) in [7, 11) is 1.68. The summed E-state index contributed by atoms with van der Waals surface area (Å²) >= 11 is 5.37. The normalized spacial score (nSPS) is 16.6. The Kier molecular flexibility index (Phi) is 4.76. The zero-order valence-corrected chi connectivity index (χ0v) is 14.2. The number of fused-ring (bicyclic) bond motifs is 1. The fourth-order valence-electron chi connectivity index (χ4n) is 2.47. The van der Waals surface area contributed by atoms with Gasteiger partial charge in [0.05, 0.1) is 13.7 Å². The highest BCUT2D eigenvalue weighted by Crippen LogP contribution is 2.40. The Labute approximate surface area is 138 Å². The first-order valence-electron chi connectivity index (χ1n) is 6.89. The van der Waals surface area contributed by atoms with E-state index in [0.29, 0.717) is 12.5 Å². The Morgan fingerprint density at radius 3 is 2.86 bits per heavy atom. The monoisotopic (exact) mass is 364 g/mol. The second kappa shape index (κ2) is 6.75. The van der Waals surface area contributed by atoms with Crippen LogP contribution in [0.5, 0.6) is 11.5 Å². The Morgan fingerprint density at radius 2 is 2.05 bits per heavy atom. The molecule has 110 valence electrons. The van der Waals surface area contributed by atoms with Crippen molar-refractivity contribution in [1.29, 1.82) is 0 Å². The van der Waals surface area contributed by atoms with Crippen LogP contribution in [0.2, 0.25) is 0 Å². The second-order valence-corrected chi connectivity index (χ2v) is 6.60. The molecule has 21 heavy (non-hydrogen) atoms. The molecule has 4 heteroatoms. The van der Waals surface area contributed by atoms with E-state index >= 15 is 0 Å². The highest BCUT2D eigenvalue weighted by molar-refractivity contribution is 9.08. The molecule has 0 spiro atoms. The molecule has 3 rings (SSSR count). The van der Waals surface area contributed by atoms with Crippen molar-refractivity contribution in [2.75, 3.05) is 19.5 Å². The number of hydrogen-bond donors (Lipinski definition) is 0. The van der Waals surface area contributed by atoms with E-state index in [2.05, 4.69) is 46.3 Å². The molecular weight excluding hydrogens is 348 g/mol. The summed E-state index contributed by atoms with van der Waals surface area (Å²) in [6.07, 6.45) is 0. The molecule has 0 aromatic heterocycles. The second-order valence-electron chi connectivity index (χ2n) is 4.98. The standard InChI is InChI=1S/C17H17BrO2S/c1-19-16-8-12(9-18)6-7-15(16)20-10-13-11-21-17-5-3-2-4-14(13)17/h2-8,13H,9-11H2,1H3. The third-order valence-corrected chi connectivity index (χ3v) is 5.52. The predicted octanol–water partition coefficient (Wildman–Crippen LogP) is 4.86. The lowest BCUT2D eigenvalue weighted by molar-refractivity contribution is 0.279. The van der Waals surface area contributed by atoms with Crippen LogP contribution in [0, 0.1) is 0 Å². The van der Waals surface area contributed by atoms with Gasteiger partial charge in [0.2, 0.25) is 0 Å². The van der Waals surface area contributed by atoms with E-state index in [9.17, 15) is 0 Å². The molecule has 0 radical (unpaired) electrons. The molecular formula is C17H17BrO2S. The SMILES string of the molecule is COc1cc(CBr)ccc1OCC1CSc2ccccc21. The van der Waals surface area contributed by atoms with Gasteiger partial charge in [0, 0.05) is 21.9 Å². The zero-order chi connectivity index (χ0) is 14.7. The van der Waals surface area contributed by atoms with Crippen LogP contribution in [-0.4, -0.2) is 19.5 Å². The summed E-state index contributed by atoms with van der Waals surface area (Å²) in [5.74, 6) is 3.15. The minimum Gasteiger partial charge on any atom is -0.493 e. The summed E-state index contributed by atoms with van der Waals surface area (Å²) in [5.41, 5.74) is 2.58. The van der Waals surface area contributed by atoms with E-state index < -0.39 is 0 Å². The van der Waals surface area contributed by atoms with Crippen molar-refractivity contribution in [2.24, 2.45) is 0 Å². The average Bonchev–Trinajstić information content (AvgIpc) is 2.96. The molecule has 1 aliphatic heterocycles. The lowest BCUT2D eigenvalue weighted by atomic mass is 10.0. The Balaban J connectivity index is 1.71. The van der Waals surface area contributed by atoms with Gasteiger partial charge in [-0.3, -0.25) is 0 Å². The van der Waals surface area contributed by atoms with Gasteiger partial charge in [-0.05, 0) is 29.3 Å². The number of ether oxygens (including phenoxy) is 2. The number of halogens is 1. The van der Waals surface area contributed by atoms with Crippen molar-refractivity contribution in [3.8, 4) is 11.5 Å². The molecule has 0 aliphatic carbocycles. The van der Waals surface area contributed by atoms with Gasteiger partial charge in [0.15, 0.2) is 11.5 Å². The van der Waals surface area contributed by atoms with Crippen molar-refractivity contribution in [3.05, 3.63) is 53.6 Å². The first-order chi connectivity index (χ1) is 10.3. The van der Waals surface area contributed by atoms with Crippen LogP contribution in [0.3, 0.4) is 0 Å². The first kappa shape index (κ1) is 14.8. The number of benzene rings is 2. The van der Waals surface area contributed by atoms with Gasteiger partial charge in [-0.1, -0.05) is 40.2 Å². The summed E-state index contributed by atoms with van der Waals surface area (Å²) < 4.78 is 11.4. The van der Waals surface area contributed by atoms with E-state index in [1.54, 1.807) is 7.11 Å². The third-order valence-electron chi connectivity index (χ3n) is 3.62. The fraction of sp³-hybridized carbons (Fsp3) is 0.294. The maximum atomic E-state index is 6.01. The van der Waals surface area contributed by atoms with Gasteiger partial charge in [0.25, 0.3) is 0 Å². The summed E-state index contributed by atoms with van der Waals surface area (Å²) in [6, 6.07) is 14.6. The first-order valence-corrected chi connectivity index (χ1v) is 9.00. The quantitative estimate of drug-likeness (QED) is 0.705. The molecule has 0 saturated heterocycles. The van der Waals surface area contributed by atoms with Crippen LogP contribution in [-0.2, 0) is 5.33 Å². The maximum absolute atomic E-state index is 6.01. The van der Waals surface area contributed by atoms with Crippen molar-refractivity contribution >= 4 is 27.7 Å². The van der Waals surface area contributed by atoms with Gasteiger partial charge in [-0.15, -0.1) is 11.8 Å². The van der Waals surface area contributed by atoms with Crippen molar-refractivity contribution in [2.45, 2.75) is 16.1 Å². The molecule has 0 saturated carbocycles. The van der Waals surface area contributed by atoms with Gasteiger partial charge in [-0.25, -0.2) is 0 Å². The van der Waals surface area contributed by atoms with Crippen LogP contribution in [0.4, 0.5) is 0 Å². The van der Waals surface area contributed by atoms with E-state index in [0.717, 1.165) is 22.6 Å². The zero-order valence-electron chi connectivity index (χ0n) is 11.8. The lowest BCUT2D eigenvalue weighted by Crippen LogP contribution is -2.10. The molecule has 1 atom stereocenters. The molecule has 0 N–H and O–H groups in total. The molecule has 2 aromatic carbocycles. The molecule has 1 unspecified atom stereocenters. The third kappa shape index (κ3) is 3.22. The van der Waals surface area contributed by atoms with Crippen molar-refractivity contribution < 1.29 is 9.47 Å². The Hall–Kier alpha value is -1.13. The number of thioether (sulfide) groups is 1. The van der Waals surface area contributed by atoms with Crippen LogP contribution < -0.4 is 9.47 Å². The summed E-state index contributed by atoms with van der Waals surface area (Å²) in [5, 5.41) is 0.816. The maximum Gasteiger partial charge on any atom is 0.161 e. The van der Waals surface area contributed by atoms with Gasteiger partial charge >= 0.3 is 0 Å². The molecule has 1 aliphatic rings. The van der Waals surface area contributed by atoms with Crippen molar-refractivity contribution in [3.63, 3.8) is 0 Å². The van der Waals surface area contributed by atoms with E-state index in [4.69, 9.17) is 9.47 Å². The number of rotatable bonds is 5. The minimum atomic E-state index is 0.451. The smallest absolute Gasteiger partial charge is 0.161 e. The van der Waals surface area contributed by atoms with E-state index in [1.165, 1.54) is 16.0 Å². The fourth-order valence-corrected chi connectivity index (χ4v) is 4.05. The predicted molar refractivity (Wildman–Crippen MR) is 91.0 cm³/mol. The van der Waals surface area contributed by atoms with Crippen LogP contribution in [0.25, 0.3) is 0 Å². The largest absolute Gasteiger partial charge is 0.493 e. The highest BCUT2D eigenvalue weighted by Gasteiger charge is 2.23. The number of alkyl halides is 1. The van der Waals surface area contributed by atoms with Gasteiger partial charge in [0.1, 0.15) is 0 Å². The number of hydrogen-bond acceptors (Lipinski definition) is 3. The lowest BCUT2D eigenvalue weighted by Gasteiger charge is -2.15. The average molecular weight is 365 g/mol. The minimum absolute atomic E-state index is 0.451. The Bertz CT molecular complexity index is 630. The summed E-state index contributed by atoms with van der Waals surface area (Å²) in [6.45, 7) is 0.689. The molecule has 0 amide bonds. The van der Waals surface area contributed by atoms with E-state index in [1.807, 2.05) is 23.9 Å². The molecule has 0 bridgehead atoms. The van der Waals surface area contributed by atoms with Crippen LogP contribution in [0.15, 0.2) is 47.4 Å². The molecule has 0 fully saturated rings. The Morgan fingerprint density at radius 1 is 1.19 bits per heavy atom.